The molecule has 2 aromatic heterocycles. The number of unbranched alkanes of at least 4 members (excludes halogenated alkanes) is 1. The number of amides is 1. The number of hydrogen-bond donors (Lipinski definition) is 1. The number of nitrogens with zero attached hydrogens (tertiary/aromatic N) is 6. The first-order valence-electron chi connectivity index (χ1n) is 13.9. The Morgan fingerprint density at radius 1 is 1.00 bits per heavy atom. The zero-order valence-corrected chi connectivity index (χ0v) is 22.5. The molecule has 0 atom stereocenters. The van der Waals surface area contributed by atoms with Crippen LogP contribution in [0.2, 0.25) is 0 Å². The van der Waals surface area contributed by atoms with E-state index in [9.17, 15) is 4.79 Å². The summed E-state index contributed by atoms with van der Waals surface area (Å²) >= 11 is 0. The SMILES string of the molecule is CCCCc1nc2ccc(N3CCCCCC3=O)cc2n1-c1ccc(-c2ccccc2)c(-c2nn[nH]n2)c1C. The number of carbonyl (C=O) groups is 1. The van der Waals surface area contributed by atoms with Crippen LogP contribution in [0.4, 0.5) is 5.69 Å². The second kappa shape index (κ2) is 10.8. The normalized spacial score (nSPS) is 14.2. The van der Waals surface area contributed by atoms with Crippen molar-refractivity contribution in [3.8, 4) is 28.2 Å². The average molecular weight is 520 g/mol. The van der Waals surface area contributed by atoms with Crippen LogP contribution in [0.5, 0.6) is 0 Å². The van der Waals surface area contributed by atoms with E-state index in [0.29, 0.717) is 12.2 Å². The number of imidazole rings is 1. The summed E-state index contributed by atoms with van der Waals surface area (Å²) < 4.78 is 2.27. The number of tetrazole rings is 1. The van der Waals surface area contributed by atoms with Crippen LogP contribution < -0.4 is 4.90 Å². The highest BCUT2D eigenvalue weighted by Gasteiger charge is 2.23. The first-order valence-corrected chi connectivity index (χ1v) is 13.9. The second-order valence-corrected chi connectivity index (χ2v) is 10.2. The molecule has 0 bridgehead atoms. The van der Waals surface area contributed by atoms with E-state index in [0.717, 1.165) is 95.6 Å². The maximum Gasteiger partial charge on any atom is 0.226 e. The molecule has 0 aliphatic carbocycles. The third kappa shape index (κ3) is 4.71. The zero-order valence-electron chi connectivity index (χ0n) is 22.5. The third-order valence-electron chi connectivity index (χ3n) is 7.68. The molecule has 6 rings (SSSR count). The van der Waals surface area contributed by atoms with Gasteiger partial charge in [-0.1, -0.05) is 56.2 Å². The van der Waals surface area contributed by atoms with Crippen molar-refractivity contribution in [3.63, 3.8) is 0 Å². The number of rotatable bonds is 7. The topological polar surface area (TPSA) is 92.6 Å². The van der Waals surface area contributed by atoms with Crippen molar-refractivity contribution in [1.29, 1.82) is 0 Å². The van der Waals surface area contributed by atoms with Crippen LogP contribution in [0, 0.1) is 6.92 Å². The lowest BCUT2D eigenvalue weighted by atomic mass is 9.94. The van der Waals surface area contributed by atoms with Crippen LogP contribution in [0.15, 0.2) is 60.7 Å². The van der Waals surface area contributed by atoms with Gasteiger partial charge in [-0.15, -0.1) is 10.2 Å². The molecule has 39 heavy (non-hydrogen) atoms. The molecule has 0 unspecified atom stereocenters. The van der Waals surface area contributed by atoms with Gasteiger partial charge in [0, 0.05) is 30.6 Å². The highest BCUT2D eigenvalue weighted by molar-refractivity contribution is 5.96. The van der Waals surface area contributed by atoms with Gasteiger partial charge in [0.2, 0.25) is 11.7 Å². The van der Waals surface area contributed by atoms with Gasteiger partial charge >= 0.3 is 0 Å². The number of aryl methyl sites for hydroxylation is 1. The van der Waals surface area contributed by atoms with Crippen molar-refractivity contribution in [2.24, 2.45) is 0 Å². The minimum absolute atomic E-state index is 0.201. The van der Waals surface area contributed by atoms with Gasteiger partial charge in [0.1, 0.15) is 5.82 Å². The van der Waals surface area contributed by atoms with Crippen LogP contribution >= 0.6 is 0 Å². The summed E-state index contributed by atoms with van der Waals surface area (Å²) in [7, 11) is 0. The Hall–Kier alpha value is -4.33. The predicted octanol–water partition coefficient (Wildman–Crippen LogP) is 6.43. The van der Waals surface area contributed by atoms with Crippen LogP contribution in [0.3, 0.4) is 0 Å². The Morgan fingerprint density at radius 2 is 1.87 bits per heavy atom. The zero-order chi connectivity index (χ0) is 26.8. The van der Waals surface area contributed by atoms with E-state index in [1.807, 2.05) is 29.2 Å². The van der Waals surface area contributed by atoms with Crippen molar-refractivity contribution >= 4 is 22.6 Å². The Balaban J connectivity index is 1.57. The third-order valence-corrected chi connectivity index (χ3v) is 7.68. The summed E-state index contributed by atoms with van der Waals surface area (Å²) in [5, 5.41) is 15.2. The summed E-state index contributed by atoms with van der Waals surface area (Å²) in [6.45, 7) is 5.07. The van der Waals surface area contributed by atoms with Crippen LogP contribution in [-0.4, -0.2) is 42.6 Å². The van der Waals surface area contributed by atoms with Crippen molar-refractivity contribution in [2.75, 3.05) is 11.4 Å². The smallest absolute Gasteiger partial charge is 0.226 e. The Morgan fingerprint density at radius 3 is 2.67 bits per heavy atom. The second-order valence-electron chi connectivity index (χ2n) is 10.2. The number of aromatic nitrogens is 6. The first-order chi connectivity index (χ1) is 19.2. The van der Waals surface area contributed by atoms with E-state index in [2.05, 4.69) is 75.4 Å². The van der Waals surface area contributed by atoms with Crippen molar-refractivity contribution < 1.29 is 4.79 Å². The summed E-state index contributed by atoms with van der Waals surface area (Å²) in [6, 6.07) is 20.8. The van der Waals surface area contributed by atoms with Crippen LogP contribution in [0.1, 0.15) is 56.8 Å². The number of anilines is 1. The molecule has 1 N–H and O–H groups in total. The molecule has 8 nitrogen and oxygen atoms in total. The van der Waals surface area contributed by atoms with E-state index in [1.165, 1.54) is 0 Å². The molecule has 198 valence electrons. The Labute approximate surface area is 228 Å². The number of fused-ring (bicyclic) bond motifs is 1. The highest BCUT2D eigenvalue weighted by atomic mass is 16.2. The molecule has 3 aromatic carbocycles. The summed E-state index contributed by atoms with van der Waals surface area (Å²) in [4.78, 5) is 20.0. The molecule has 1 aliphatic heterocycles. The van der Waals surface area contributed by atoms with E-state index < -0.39 is 0 Å². The standard InChI is InChI=1S/C31H33N7O/c1-3-4-13-28-32-25-17-15-23(37-19-10-6-9-14-29(37)39)20-27(25)38(28)26-18-16-24(22-11-7-5-8-12-22)30(21(26)2)31-33-35-36-34-31/h5,7-8,11-12,15-18,20H,3-4,6,9-10,13-14,19H2,1-2H3,(H,33,34,35,36). The molecule has 0 saturated carbocycles. The van der Waals surface area contributed by atoms with Gasteiger partial charge in [0.15, 0.2) is 0 Å². The number of benzene rings is 3. The molecule has 1 fully saturated rings. The maximum atomic E-state index is 12.9. The quantitative estimate of drug-likeness (QED) is 0.267. The van der Waals surface area contributed by atoms with Gasteiger partial charge in [-0.2, -0.15) is 5.21 Å². The fourth-order valence-corrected chi connectivity index (χ4v) is 5.67. The van der Waals surface area contributed by atoms with Crippen molar-refractivity contribution in [3.05, 3.63) is 72.1 Å². The molecule has 5 aromatic rings. The molecular formula is C31H33N7O. The van der Waals surface area contributed by atoms with Crippen molar-refractivity contribution in [2.45, 2.75) is 58.8 Å². The molecule has 1 aliphatic rings. The van der Waals surface area contributed by atoms with Gasteiger partial charge < -0.3 is 4.90 Å². The molecule has 8 heteroatoms. The molecule has 0 spiro atoms. The van der Waals surface area contributed by atoms with Gasteiger partial charge in [-0.05, 0) is 72.4 Å². The number of hydrogen-bond acceptors (Lipinski definition) is 5. The monoisotopic (exact) mass is 519 g/mol. The fraction of sp³-hybridized carbons (Fsp3) is 0.323. The summed E-state index contributed by atoms with van der Waals surface area (Å²) in [6.07, 6.45) is 6.67. The largest absolute Gasteiger partial charge is 0.312 e. The Kier molecular flexibility index (Phi) is 6.92. The van der Waals surface area contributed by atoms with Crippen LogP contribution in [-0.2, 0) is 11.2 Å². The number of H-pyrrole nitrogens is 1. The van der Waals surface area contributed by atoms with E-state index in [1.54, 1.807) is 0 Å². The molecule has 3 heterocycles. The first kappa shape index (κ1) is 25.0. The predicted molar refractivity (Wildman–Crippen MR) is 154 cm³/mol. The van der Waals surface area contributed by atoms with Gasteiger partial charge in [0.25, 0.3) is 0 Å². The van der Waals surface area contributed by atoms with Gasteiger partial charge in [-0.25, -0.2) is 4.98 Å². The lowest BCUT2D eigenvalue weighted by Crippen LogP contribution is -2.29. The van der Waals surface area contributed by atoms with E-state index in [4.69, 9.17) is 4.98 Å². The fourth-order valence-electron chi connectivity index (χ4n) is 5.67. The van der Waals surface area contributed by atoms with E-state index in [-0.39, 0.29) is 5.91 Å². The molecular weight excluding hydrogens is 486 g/mol. The number of aromatic amines is 1. The Bertz CT molecular complexity index is 1610. The van der Waals surface area contributed by atoms with E-state index >= 15 is 0 Å². The van der Waals surface area contributed by atoms with Gasteiger partial charge in [0.05, 0.1) is 16.7 Å². The lowest BCUT2D eigenvalue weighted by molar-refractivity contribution is -0.118. The molecule has 0 radical (unpaired) electrons. The minimum Gasteiger partial charge on any atom is -0.312 e. The van der Waals surface area contributed by atoms with Crippen LogP contribution in [0.25, 0.3) is 39.2 Å². The maximum absolute atomic E-state index is 12.9. The summed E-state index contributed by atoms with van der Waals surface area (Å²) in [5.74, 6) is 1.77. The molecule has 1 saturated heterocycles. The average Bonchev–Trinajstić information content (AvgIpc) is 3.56. The molecule has 1 amide bonds. The van der Waals surface area contributed by atoms with Gasteiger partial charge in [-0.3, -0.25) is 9.36 Å². The minimum atomic E-state index is 0.201. The number of nitrogens with one attached hydrogen (secondary N) is 1. The number of carbonyl (C=O) groups excluding carboxylic acids is 1. The summed E-state index contributed by atoms with van der Waals surface area (Å²) in [5.41, 5.74) is 8.03. The lowest BCUT2D eigenvalue weighted by Gasteiger charge is -2.21. The van der Waals surface area contributed by atoms with Crippen molar-refractivity contribution in [1.82, 2.24) is 30.2 Å². The highest BCUT2D eigenvalue weighted by Crippen LogP contribution is 2.38.